The van der Waals surface area contributed by atoms with Gasteiger partial charge in [0.05, 0.1) is 0 Å². The van der Waals surface area contributed by atoms with Crippen LogP contribution in [0.4, 0.5) is 0 Å². The molecule has 0 nitrogen and oxygen atoms in total. The molecule has 0 aromatic heterocycles. The molecule has 234 valence electrons. The first-order valence-electron chi connectivity index (χ1n) is 17.3. The Morgan fingerprint density at radius 3 is 1.23 bits per heavy atom. The van der Waals surface area contributed by atoms with E-state index in [1.807, 2.05) is 0 Å². The van der Waals surface area contributed by atoms with E-state index in [9.17, 15) is 0 Å². The zero-order valence-electron chi connectivity index (χ0n) is 27.9. The lowest BCUT2D eigenvalue weighted by Gasteiger charge is -2.24. The molecule has 0 aliphatic heterocycles. The van der Waals surface area contributed by atoms with Crippen LogP contribution in [0.3, 0.4) is 0 Å². The van der Waals surface area contributed by atoms with Gasteiger partial charge < -0.3 is 0 Å². The van der Waals surface area contributed by atoms with E-state index in [0.717, 1.165) is 6.42 Å². The number of hydrogen-bond acceptors (Lipinski definition) is 0. The zero-order valence-corrected chi connectivity index (χ0v) is 27.9. The number of rotatable bonds is 10. The molecule has 0 spiro atoms. The minimum Gasteiger partial charge on any atom is -0.0873 e. The lowest BCUT2D eigenvalue weighted by Crippen LogP contribution is -2.17. The Kier molecular flexibility index (Phi) is 9.16. The molecule has 0 heterocycles. The fraction of sp³-hybridized carbons (Fsp3) is 0.125. The number of allylic oxidation sites excluding steroid dienone is 2. The molecule has 0 amide bonds. The molecule has 1 aliphatic carbocycles. The highest BCUT2D eigenvalue weighted by Gasteiger charge is 2.37. The van der Waals surface area contributed by atoms with Crippen LogP contribution < -0.4 is 0 Å². The minimum absolute atomic E-state index is 0.245. The van der Waals surface area contributed by atoms with Crippen molar-refractivity contribution in [2.75, 3.05) is 0 Å². The lowest BCUT2D eigenvalue weighted by molar-refractivity contribution is 0.734. The first-order valence-corrected chi connectivity index (χ1v) is 17.3. The van der Waals surface area contributed by atoms with Crippen molar-refractivity contribution >= 4 is 23.3 Å². The van der Waals surface area contributed by atoms with Crippen molar-refractivity contribution in [1.29, 1.82) is 0 Å². The first-order chi connectivity index (χ1) is 23.6. The standard InChI is InChI=1S/C48H42/c1-3-4-5-18-31-48(2)46-34-36(32-44(38-19-10-6-11-20-38)39-21-12-7-13-22-39)27-29-42(46)43-30-28-37(35-47(43)48)33-45(40-23-14-8-15-24-40)41-25-16-9-17-26-41/h6-35H,3-5H2,1-2H3/b31-18+. The molecule has 0 atom stereocenters. The Labute approximate surface area is 286 Å². The maximum absolute atomic E-state index is 2.47. The maximum Gasteiger partial charge on any atom is 0.0366 e. The van der Waals surface area contributed by atoms with Crippen LogP contribution in [0.15, 0.2) is 170 Å². The molecule has 6 aromatic carbocycles. The zero-order chi connectivity index (χ0) is 32.8. The molecule has 0 N–H and O–H groups in total. The summed E-state index contributed by atoms with van der Waals surface area (Å²) in [5.41, 5.74) is 14.9. The highest BCUT2D eigenvalue weighted by molar-refractivity contribution is 5.94. The van der Waals surface area contributed by atoms with Gasteiger partial charge in [0.25, 0.3) is 0 Å². The minimum atomic E-state index is -0.245. The van der Waals surface area contributed by atoms with Gasteiger partial charge in [0.15, 0.2) is 0 Å². The molecule has 0 bridgehead atoms. The highest BCUT2D eigenvalue weighted by Crippen LogP contribution is 2.51. The first kappa shape index (κ1) is 31.2. The average molecular weight is 619 g/mol. The molecular weight excluding hydrogens is 577 g/mol. The second-order valence-corrected chi connectivity index (χ2v) is 12.9. The van der Waals surface area contributed by atoms with Crippen LogP contribution in [0, 0.1) is 0 Å². The maximum atomic E-state index is 2.47. The molecule has 0 saturated carbocycles. The predicted octanol–water partition coefficient (Wildman–Crippen LogP) is 12.9. The van der Waals surface area contributed by atoms with E-state index < -0.39 is 0 Å². The van der Waals surface area contributed by atoms with E-state index in [-0.39, 0.29) is 5.41 Å². The molecule has 6 aromatic rings. The SMILES string of the molecule is CCCC/C=C/C1(C)c2cc(C=C(c3ccccc3)c3ccccc3)ccc2-c2ccc(C=C(c3ccccc3)c3ccccc3)cc21. The monoisotopic (exact) mass is 618 g/mol. The number of benzene rings is 6. The molecule has 0 saturated heterocycles. The second kappa shape index (κ2) is 14.1. The van der Waals surface area contributed by atoms with E-state index in [1.54, 1.807) is 0 Å². The summed E-state index contributed by atoms with van der Waals surface area (Å²) in [4.78, 5) is 0. The largest absolute Gasteiger partial charge is 0.0873 e. The van der Waals surface area contributed by atoms with Crippen LogP contribution in [-0.4, -0.2) is 0 Å². The summed E-state index contributed by atoms with van der Waals surface area (Å²) in [5, 5.41) is 0. The van der Waals surface area contributed by atoms with E-state index in [2.05, 4.69) is 196 Å². The Morgan fingerprint density at radius 1 is 0.500 bits per heavy atom. The van der Waals surface area contributed by atoms with Gasteiger partial charge in [0.1, 0.15) is 0 Å². The van der Waals surface area contributed by atoms with Gasteiger partial charge in [0.2, 0.25) is 0 Å². The topological polar surface area (TPSA) is 0 Å². The van der Waals surface area contributed by atoms with Gasteiger partial charge in [-0.15, -0.1) is 0 Å². The Hall–Kier alpha value is -5.46. The van der Waals surface area contributed by atoms with Crippen molar-refractivity contribution in [3.05, 3.63) is 214 Å². The third-order valence-corrected chi connectivity index (χ3v) is 9.63. The van der Waals surface area contributed by atoms with E-state index >= 15 is 0 Å². The molecule has 1 aliphatic rings. The summed E-state index contributed by atoms with van der Waals surface area (Å²) >= 11 is 0. The highest BCUT2D eigenvalue weighted by atomic mass is 14.4. The molecule has 0 fully saturated rings. The van der Waals surface area contributed by atoms with E-state index in [1.165, 1.54) is 79.6 Å². The van der Waals surface area contributed by atoms with Gasteiger partial charge in [-0.1, -0.05) is 178 Å². The number of unbranched alkanes of at least 4 members (excludes halogenated alkanes) is 2. The third kappa shape index (κ3) is 6.40. The predicted molar refractivity (Wildman–Crippen MR) is 207 cm³/mol. The summed E-state index contributed by atoms with van der Waals surface area (Å²) in [7, 11) is 0. The van der Waals surface area contributed by atoms with Gasteiger partial charge in [-0.25, -0.2) is 0 Å². The van der Waals surface area contributed by atoms with E-state index in [0.29, 0.717) is 0 Å². The van der Waals surface area contributed by atoms with Gasteiger partial charge in [-0.05, 0) is 104 Å². The molecular formula is C48H42. The van der Waals surface area contributed by atoms with E-state index in [4.69, 9.17) is 0 Å². The van der Waals surface area contributed by atoms with Crippen molar-refractivity contribution in [2.24, 2.45) is 0 Å². The van der Waals surface area contributed by atoms with Crippen molar-refractivity contribution in [3.63, 3.8) is 0 Å². The molecule has 0 heteroatoms. The van der Waals surface area contributed by atoms with Gasteiger partial charge >= 0.3 is 0 Å². The fourth-order valence-electron chi connectivity index (χ4n) is 7.07. The van der Waals surface area contributed by atoms with Crippen molar-refractivity contribution < 1.29 is 0 Å². The Balaban J connectivity index is 1.35. The summed E-state index contributed by atoms with van der Waals surface area (Å²) < 4.78 is 0. The normalized spacial score (nSPS) is 12.7. The van der Waals surface area contributed by atoms with Crippen molar-refractivity contribution in [3.8, 4) is 11.1 Å². The molecule has 7 rings (SSSR count). The number of hydrogen-bond donors (Lipinski definition) is 0. The Morgan fingerprint density at radius 2 is 0.875 bits per heavy atom. The average Bonchev–Trinajstić information content (AvgIpc) is 3.39. The summed E-state index contributed by atoms with van der Waals surface area (Å²) in [6, 6.07) is 57.1. The third-order valence-electron chi connectivity index (χ3n) is 9.63. The van der Waals surface area contributed by atoms with Crippen LogP contribution in [0.5, 0.6) is 0 Å². The molecule has 0 radical (unpaired) electrons. The molecule has 48 heavy (non-hydrogen) atoms. The lowest BCUT2D eigenvalue weighted by atomic mass is 9.78. The van der Waals surface area contributed by atoms with Gasteiger partial charge in [-0.3, -0.25) is 0 Å². The van der Waals surface area contributed by atoms with Gasteiger partial charge in [0, 0.05) is 5.41 Å². The second-order valence-electron chi connectivity index (χ2n) is 12.9. The van der Waals surface area contributed by atoms with Crippen LogP contribution in [0.2, 0.25) is 0 Å². The van der Waals surface area contributed by atoms with Crippen molar-refractivity contribution in [2.45, 2.75) is 38.5 Å². The summed E-state index contributed by atoms with van der Waals surface area (Å²) in [5.74, 6) is 0. The van der Waals surface area contributed by atoms with Crippen molar-refractivity contribution in [1.82, 2.24) is 0 Å². The van der Waals surface area contributed by atoms with Crippen LogP contribution >= 0.6 is 0 Å². The molecule has 0 unspecified atom stereocenters. The summed E-state index contributed by atoms with van der Waals surface area (Å²) in [6.45, 7) is 4.67. The quantitative estimate of drug-likeness (QED) is 0.0814. The fourth-order valence-corrected chi connectivity index (χ4v) is 7.07. The van der Waals surface area contributed by atoms with Crippen LogP contribution in [-0.2, 0) is 5.41 Å². The Bertz CT molecular complexity index is 1850. The number of fused-ring (bicyclic) bond motifs is 3. The summed E-state index contributed by atoms with van der Waals surface area (Å²) in [6.07, 6.45) is 13.1. The van der Waals surface area contributed by atoms with Crippen LogP contribution in [0.25, 0.3) is 34.4 Å². The van der Waals surface area contributed by atoms with Gasteiger partial charge in [-0.2, -0.15) is 0 Å². The van der Waals surface area contributed by atoms with Crippen LogP contribution in [0.1, 0.15) is 77.6 Å². The smallest absolute Gasteiger partial charge is 0.0366 e.